The lowest BCUT2D eigenvalue weighted by Gasteiger charge is -2.32. The number of likely N-dealkylation sites (tertiary alicyclic amines) is 1. The molecule has 1 N–H and O–H groups in total. The number of hydrogen-bond donors (Lipinski definition) is 1. The van der Waals surface area contributed by atoms with Crippen LogP contribution in [-0.4, -0.2) is 58.2 Å². The molecule has 37 heavy (non-hydrogen) atoms. The second kappa shape index (κ2) is 13.2. The van der Waals surface area contributed by atoms with Crippen LogP contribution in [0.3, 0.4) is 0 Å². The number of hydrogen-bond acceptors (Lipinski definition) is 5. The second-order valence-corrected chi connectivity index (χ2v) is 11.6. The van der Waals surface area contributed by atoms with Gasteiger partial charge in [0.2, 0.25) is 17.7 Å². The maximum Gasteiger partial charge on any atom is 0.245 e. The van der Waals surface area contributed by atoms with E-state index in [0.29, 0.717) is 16.7 Å². The summed E-state index contributed by atoms with van der Waals surface area (Å²) in [6, 6.07) is 10.5. The van der Waals surface area contributed by atoms with Crippen molar-refractivity contribution >= 4 is 34.2 Å². The van der Waals surface area contributed by atoms with Crippen molar-refractivity contribution < 1.29 is 14.4 Å². The van der Waals surface area contributed by atoms with E-state index >= 15 is 0 Å². The summed E-state index contributed by atoms with van der Waals surface area (Å²) < 4.78 is 0. The van der Waals surface area contributed by atoms with Crippen molar-refractivity contribution in [1.29, 1.82) is 0 Å². The number of aromatic nitrogens is 1. The fourth-order valence-electron chi connectivity index (χ4n) is 5.46. The minimum Gasteiger partial charge on any atom is -0.342 e. The van der Waals surface area contributed by atoms with Gasteiger partial charge in [0.15, 0.2) is 5.13 Å². The van der Waals surface area contributed by atoms with E-state index in [1.807, 2.05) is 30.2 Å². The molecule has 0 bridgehead atoms. The van der Waals surface area contributed by atoms with Gasteiger partial charge in [-0.1, -0.05) is 49.6 Å². The smallest absolute Gasteiger partial charge is 0.245 e. The third-order valence-corrected chi connectivity index (χ3v) is 8.45. The molecule has 2 aromatic rings. The Morgan fingerprint density at radius 1 is 1.05 bits per heavy atom. The normalized spacial score (nSPS) is 17.1. The summed E-state index contributed by atoms with van der Waals surface area (Å²) in [5.74, 6) is 0.576. The maximum absolute atomic E-state index is 13.0. The Bertz CT molecular complexity index is 1040. The number of amides is 3. The fraction of sp³-hybridized carbons (Fsp3) is 0.586. The van der Waals surface area contributed by atoms with Gasteiger partial charge in [-0.2, -0.15) is 0 Å². The summed E-state index contributed by atoms with van der Waals surface area (Å²) in [6.07, 6.45) is 8.54. The Labute approximate surface area is 224 Å². The van der Waals surface area contributed by atoms with E-state index in [1.165, 1.54) is 23.3 Å². The van der Waals surface area contributed by atoms with Gasteiger partial charge in [0.05, 0.1) is 12.1 Å². The van der Waals surface area contributed by atoms with E-state index < -0.39 is 0 Å². The standard InChI is InChI=1S/C29H40N4O3S/c1-21(2)33(28(36)24-11-7-4-8-12-24)19-26(34)31-29-30-25(20-37-29)18-27(35)32-15-13-23(14-16-32)17-22-9-5-3-6-10-22/h3,5-6,9-10,20-21,23-24H,4,7-8,11-19H2,1-2H3,(H,30,31,34). The molecule has 0 unspecified atom stereocenters. The van der Waals surface area contributed by atoms with Crippen LogP contribution < -0.4 is 5.32 Å². The Hall–Kier alpha value is -2.74. The van der Waals surface area contributed by atoms with Crippen LogP contribution in [0, 0.1) is 11.8 Å². The molecule has 1 saturated carbocycles. The van der Waals surface area contributed by atoms with Gasteiger partial charge in [0.25, 0.3) is 0 Å². The number of thiazole rings is 1. The molecule has 0 spiro atoms. The third-order valence-electron chi connectivity index (χ3n) is 7.64. The van der Waals surface area contributed by atoms with Gasteiger partial charge in [-0.05, 0) is 57.4 Å². The Kier molecular flexibility index (Phi) is 9.72. The zero-order chi connectivity index (χ0) is 26.2. The molecule has 200 valence electrons. The van der Waals surface area contributed by atoms with Crippen LogP contribution in [0.25, 0.3) is 0 Å². The monoisotopic (exact) mass is 524 g/mol. The summed E-state index contributed by atoms with van der Waals surface area (Å²) in [7, 11) is 0. The second-order valence-electron chi connectivity index (χ2n) is 10.8. The Morgan fingerprint density at radius 3 is 2.43 bits per heavy atom. The molecule has 1 aliphatic heterocycles. The van der Waals surface area contributed by atoms with E-state index in [0.717, 1.165) is 58.0 Å². The molecule has 2 heterocycles. The first-order chi connectivity index (χ1) is 17.9. The molecular formula is C29H40N4O3S. The highest BCUT2D eigenvalue weighted by Crippen LogP contribution is 2.26. The lowest BCUT2D eigenvalue weighted by Crippen LogP contribution is -2.45. The van der Waals surface area contributed by atoms with Crippen molar-refractivity contribution in [3.63, 3.8) is 0 Å². The molecule has 1 aromatic carbocycles. The van der Waals surface area contributed by atoms with Crippen LogP contribution in [0.15, 0.2) is 35.7 Å². The van der Waals surface area contributed by atoms with Crippen LogP contribution in [0.2, 0.25) is 0 Å². The molecule has 7 nitrogen and oxygen atoms in total. The number of piperidine rings is 1. The molecular weight excluding hydrogens is 484 g/mol. The van der Waals surface area contributed by atoms with Gasteiger partial charge in [-0.3, -0.25) is 14.4 Å². The quantitative estimate of drug-likeness (QED) is 0.505. The van der Waals surface area contributed by atoms with Crippen LogP contribution in [0.5, 0.6) is 0 Å². The SMILES string of the molecule is CC(C)N(CC(=O)Nc1nc(CC(=O)N2CCC(Cc3ccccc3)CC2)cs1)C(=O)C1CCCCC1. The highest BCUT2D eigenvalue weighted by molar-refractivity contribution is 7.13. The number of carbonyl (C=O) groups is 3. The summed E-state index contributed by atoms with van der Waals surface area (Å²) in [6.45, 7) is 5.49. The van der Waals surface area contributed by atoms with Crippen molar-refractivity contribution in [1.82, 2.24) is 14.8 Å². The highest BCUT2D eigenvalue weighted by atomic mass is 32.1. The van der Waals surface area contributed by atoms with Crippen molar-refractivity contribution in [3.8, 4) is 0 Å². The summed E-state index contributed by atoms with van der Waals surface area (Å²) in [5.41, 5.74) is 2.04. The minimum absolute atomic E-state index is 0.0266. The molecule has 2 fully saturated rings. The van der Waals surface area contributed by atoms with E-state index in [9.17, 15) is 14.4 Å². The first-order valence-electron chi connectivity index (χ1n) is 13.8. The van der Waals surface area contributed by atoms with Crippen molar-refractivity contribution in [2.45, 2.75) is 77.7 Å². The molecule has 2 aliphatic rings. The lowest BCUT2D eigenvalue weighted by molar-refractivity contribution is -0.141. The zero-order valence-corrected chi connectivity index (χ0v) is 23.0. The topological polar surface area (TPSA) is 82.6 Å². The van der Waals surface area contributed by atoms with Crippen LogP contribution in [-0.2, 0) is 27.2 Å². The van der Waals surface area contributed by atoms with Crippen LogP contribution in [0.4, 0.5) is 5.13 Å². The molecule has 0 radical (unpaired) electrons. The van der Waals surface area contributed by atoms with E-state index in [2.05, 4.69) is 34.6 Å². The summed E-state index contributed by atoms with van der Waals surface area (Å²) in [5, 5.41) is 5.15. The number of nitrogens with zero attached hydrogens (tertiary/aromatic N) is 3. The van der Waals surface area contributed by atoms with Gasteiger partial charge in [-0.25, -0.2) is 4.98 Å². The molecule has 1 aromatic heterocycles. The van der Waals surface area contributed by atoms with E-state index in [1.54, 1.807) is 4.90 Å². The fourth-order valence-corrected chi connectivity index (χ4v) is 6.19. The van der Waals surface area contributed by atoms with Gasteiger partial charge < -0.3 is 15.1 Å². The van der Waals surface area contributed by atoms with Gasteiger partial charge in [-0.15, -0.1) is 11.3 Å². The molecule has 1 saturated heterocycles. The predicted octanol–water partition coefficient (Wildman–Crippen LogP) is 4.92. The molecule has 0 atom stereocenters. The van der Waals surface area contributed by atoms with Gasteiger partial charge in [0.1, 0.15) is 6.54 Å². The first kappa shape index (κ1) is 27.3. The molecule has 8 heteroatoms. The number of nitrogens with one attached hydrogen (secondary N) is 1. The molecule has 3 amide bonds. The van der Waals surface area contributed by atoms with Crippen molar-refractivity contribution in [2.75, 3.05) is 25.0 Å². The van der Waals surface area contributed by atoms with Crippen LogP contribution >= 0.6 is 11.3 Å². The van der Waals surface area contributed by atoms with Crippen molar-refractivity contribution in [3.05, 3.63) is 47.0 Å². The zero-order valence-electron chi connectivity index (χ0n) is 22.2. The average Bonchev–Trinajstić information content (AvgIpc) is 3.34. The van der Waals surface area contributed by atoms with Crippen molar-refractivity contribution in [2.24, 2.45) is 11.8 Å². The molecule has 4 rings (SSSR count). The number of benzene rings is 1. The largest absolute Gasteiger partial charge is 0.342 e. The number of rotatable bonds is 9. The van der Waals surface area contributed by atoms with Crippen LogP contribution in [0.1, 0.15) is 70.1 Å². The Morgan fingerprint density at radius 2 is 1.76 bits per heavy atom. The Balaban J connectivity index is 1.23. The summed E-state index contributed by atoms with van der Waals surface area (Å²) >= 11 is 1.32. The minimum atomic E-state index is -0.245. The third kappa shape index (κ3) is 7.87. The van der Waals surface area contributed by atoms with Gasteiger partial charge >= 0.3 is 0 Å². The van der Waals surface area contributed by atoms with Gasteiger partial charge in [0, 0.05) is 30.4 Å². The number of carbonyl (C=O) groups excluding carboxylic acids is 3. The lowest BCUT2D eigenvalue weighted by atomic mass is 9.88. The van der Waals surface area contributed by atoms with E-state index in [-0.39, 0.29) is 42.6 Å². The average molecular weight is 525 g/mol. The maximum atomic E-state index is 13.0. The highest BCUT2D eigenvalue weighted by Gasteiger charge is 2.29. The first-order valence-corrected chi connectivity index (χ1v) is 14.6. The number of anilines is 1. The van der Waals surface area contributed by atoms with E-state index in [4.69, 9.17) is 0 Å². The summed E-state index contributed by atoms with van der Waals surface area (Å²) in [4.78, 5) is 46.7. The predicted molar refractivity (Wildman–Crippen MR) is 147 cm³/mol. The molecule has 1 aliphatic carbocycles.